The van der Waals surface area contributed by atoms with Crippen LogP contribution in [0.3, 0.4) is 0 Å². The van der Waals surface area contributed by atoms with E-state index in [0.29, 0.717) is 28.5 Å². The minimum Gasteiger partial charge on any atom is -0.398 e. The average molecular weight is 416 g/mol. The summed E-state index contributed by atoms with van der Waals surface area (Å²) < 4.78 is 19.4. The number of benzene rings is 2. The first-order valence-corrected chi connectivity index (χ1v) is 7.35. The molecule has 3 aromatic rings. The largest absolute Gasteiger partial charge is 0.398 e. The van der Waals surface area contributed by atoms with Crippen molar-refractivity contribution in [3.05, 3.63) is 50.8 Å². The van der Waals surface area contributed by atoms with Gasteiger partial charge in [0.25, 0.3) is 5.89 Å². The van der Waals surface area contributed by atoms with Gasteiger partial charge in [0, 0.05) is 14.8 Å². The number of rotatable bonds is 2. The Kier molecular flexibility index (Phi) is 3.81. The lowest BCUT2D eigenvalue weighted by Gasteiger charge is -2.00. The van der Waals surface area contributed by atoms with Gasteiger partial charge in [0.2, 0.25) is 5.82 Å². The zero-order valence-corrected chi connectivity index (χ0v) is 13.4. The highest BCUT2D eigenvalue weighted by Gasteiger charge is 2.14. The number of aromatic nitrogens is 2. The number of hydrogen-bond donors (Lipinski definition) is 1. The summed E-state index contributed by atoms with van der Waals surface area (Å²) in [6.07, 6.45) is 0. The molecule has 3 rings (SSSR count). The van der Waals surface area contributed by atoms with Crippen LogP contribution in [0.5, 0.6) is 0 Å². The Morgan fingerprint density at radius 3 is 2.76 bits per heavy atom. The molecule has 0 aliphatic heterocycles. The molecule has 106 valence electrons. The molecule has 21 heavy (non-hydrogen) atoms. The molecular weight excluding hydrogens is 408 g/mol. The predicted octanol–water partition coefficient (Wildman–Crippen LogP) is 4.38. The molecule has 7 heteroatoms. The fraction of sp³-hybridized carbons (Fsp3) is 0. The Bertz CT molecular complexity index is 822. The molecule has 0 saturated heterocycles. The van der Waals surface area contributed by atoms with Crippen LogP contribution in [-0.2, 0) is 0 Å². The van der Waals surface area contributed by atoms with Crippen LogP contribution in [0.1, 0.15) is 0 Å². The Morgan fingerprint density at radius 2 is 2.00 bits per heavy atom. The Hall–Kier alpha value is -1.67. The van der Waals surface area contributed by atoms with Gasteiger partial charge in [-0.05, 0) is 59.0 Å². The van der Waals surface area contributed by atoms with E-state index >= 15 is 0 Å². The van der Waals surface area contributed by atoms with Crippen LogP contribution in [0.4, 0.5) is 10.1 Å². The van der Waals surface area contributed by atoms with Crippen LogP contribution in [0.2, 0.25) is 5.02 Å². The number of halogens is 3. The second-order valence-corrected chi connectivity index (χ2v) is 5.94. The summed E-state index contributed by atoms with van der Waals surface area (Å²) in [6.45, 7) is 0. The molecule has 0 fully saturated rings. The van der Waals surface area contributed by atoms with Gasteiger partial charge in [0.15, 0.2) is 0 Å². The third-order valence-electron chi connectivity index (χ3n) is 2.85. The van der Waals surface area contributed by atoms with Crippen molar-refractivity contribution < 1.29 is 8.91 Å². The minimum atomic E-state index is -0.494. The summed E-state index contributed by atoms with van der Waals surface area (Å²) >= 11 is 7.92. The highest BCUT2D eigenvalue weighted by atomic mass is 127. The molecule has 0 radical (unpaired) electrons. The third-order valence-corrected chi connectivity index (χ3v) is 3.81. The average Bonchev–Trinajstić information content (AvgIpc) is 2.94. The minimum absolute atomic E-state index is 0.00706. The molecule has 4 nitrogen and oxygen atoms in total. The molecule has 0 saturated carbocycles. The zero-order valence-electron chi connectivity index (χ0n) is 10.5. The number of nitrogen functional groups attached to an aromatic ring is 1. The monoisotopic (exact) mass is 415 g/mol. The van der Waals surface area contributed by atoms with Gasteiger partial charge in [-0.15, -0.1) is 0 Å². The van der Waals surface area contributed by atoms with Gasteiger partial charge in [-0.2, -0.15) is 4.98 Å². The van der Waals surface area contributed by atoms with Crippen LogP contribution in [-0.4, -0.2) is 10.1 Å². The highest BCUT2D eigenvalue weighted by molar-refractivity contribution is 14.1. The summed E-state index contributed by atoms with van der Waals surface area (Å²) in [4.78, 5) is 4.28. The highest BCUT2D eigenvalue weighted by Crippen LogP contribution is 2.29. The van der Waals surface area contributed by atoms with Crippen LogP contribution < -0.4 is 5.73 Å². The van der Waals surface area contributed by atoms with E-state index in [1.807, 2.05) is 12.1 Å². The van der Waals surface area contributed by atoms with Crippen molar-refractivity contribution in [3.63, 3.8) is 0 Å². The van der Waals surface area contributed by atoms with Gasteiger partial charge in [0.1, 0.15) is 5.82 Å². The molecule has 0 aliphatic rings. The fourth-order valence-electron chi connectivity index (χ4n) is 1.80. The van der Waals surface area contributed by atoms with E-state index in [2.05, 4.69) is 32.7 Å². The van der Waals surface area contributed by atoms with E-state index in [-0.39, 0.29) is 5.02 Å². The molecule has 1 aromatic heterocycles. The number of anilines is 1. The number of nitrogens with two attached hydrogens (primary N) is 1. The molecule has 0 spiro atoms. The van der Waals surface area contributed by atoms with E-state index in [1.165, 1.54) is 18.2 Å². The first-order chi connectivity index (χ1) is 10.0. The molecule has 0 amide bonds. The SMILES string of the molecule is Nc1ccc(I)cc1-c1nc(-c2ccc(F)c(Cl)c2)no1. The third kappa shape index (κ3) is 2.86. The van der Waals surface area contributed by atoms with Gasteiger partial charge in [-0.25, -0.2) is 4.39 Å². The zero-order chi connectivity index (χ0) is 15.0. The van der Waals surface area contributed by atoms with Gasteiger partial charge in [-0.3, -0.25) is 0 Å². The molecule has 0 atom stereocenters. The summed E-state index contributed by atoms with van der Waals surface area (Å²) in [5, 5.41) is 3.89. The molecule has 0 bridgehead atoms. The second kappa shape index (κ2) is 5.61. The lowest BCUT2D eigenvalue weighted by atomic mass is 10.2. The van der Waals surface area contributed by atoms with Crippen LogP contribution in [0.15, 0.2) is 40.9 Å². The standard InChI is InChI=1S/C14H8ClFIN3O/c15-10-5-7(1-3-11(10)16)13-19-14(21-20-13)9-6-8(17)2-4-12(9)18/h1-6H,18H2. The van der Waals surface area contributed by atoms with Gasteiger partial charge < -0.3 is 10.3 Å². The maximum atomic E-state index is 13.2. The van der Waals surface area contributed by atoms with E-state index in [0.717, 1.165) is 3.57 Å². The van der Waals surface area contributed by atoms with Gasteiger partial charge in [0.05, 0.1) is 10.6 Å². The normalized spacial score (nSPS) is 10.8. The maximum absolute atomic E-state index is 13.2. The first-order valence-electron chi connectivity index (χ1n) is 5.89. The first kappa shape index (κ1) is 14.3. The van der Waals surface area contributed by atoms with Crippen LogP contribution in [0, 0.1) is 9.39 Å². The summed E-state index contributed by atoms with van der Waals surface area (Å²) in [6, 6.07) is 9.75. The van der Waals surface area contributed by atoms with Crippen molar-refractivity contribution in [1.82, 2.24) is 10.1 Å². The Labute approximate surface area is 138 Å². The van der Waals surface area contributed by atoms with Crippen LogP contribution >= 0.6 is 34.2 Å². The molecule has 1 heterocycles. The van der Waals surface area contributed by atoms with Gasteiger partial charge >= 0.3 is 0 Å². The molecular formula is C14H8ClFIN3O. The second-order valence-electron chi connectivity index (χ2n) is 4.28. The van der Waals surface area contributed by atoms with Crippen molar-refractivity contribution in [1.29, 1.82) is 0 Å². The van der Waals surface area contributed by atoms with Crippen molar-refractivity contribution in [3.8, 4) is 22.8 Å². The lowest BCUT2D eigenvalue weighted by Crippen LogP contribution is -1.91. The smallest absolute Gasteiger partial charge is 0.260 e. The molecule has 2 aromatic carbocycles. The number of nitrogens with zero attached hydrogens (tertiary/aromatic N) is 2. The fourth-order valence-corrected chi connectivity index (χ4v) is 2.47. The van der Waals surface area contributed by atoms with Crippen molar-refractivity contribution in [2.75, 3.05) is 5.73 Å². The van der Waals surface area contributed by atoms with E-state index in [4.69, 9.17) is 21.9 Å². The number of hydrogen-bond acceptors (Lipinski definition) is 4. The van der Waals surface area contributed by atoms with Crippen molar-refractivity contribution >= 4 is 39.9 Å². The molecule has 0 aliphatic carbocycles. The predicted molar refractivity (Wildman–Crippen MR) is 87.3 cm³/mol. The molecule has 2 N–H and O–H groups in total. The van der Waals surface area contributed by atoms with E-state index in [1.54, 1.807) is 6.07 Å². The maximum Gasteiger partial charge on any atom is 0.260 e. The van der Waals surface area contributed by atoms with E-state index < -0.39 is 5.82 Å². The topological polar surface area (TPSA) is 64.9 Å². The summed E-state index contributed by atoms with van der Waals surface area (Å²) in [5.41, 5.74) is 7.69. The quantitative estimate of drug-likeness (QED) is 0.498. The van der Waals surface area contributed by atoms with E-state index in [9.17, 15) is 4.39 Å². The molecule has 0 unspecified atom stereocenters. The summed E-state index contributed by atoms with van der Waals surface area (Å²) in [5.74, 6) is 0.137. The van der Waals surface area contributed by atoms with Crippen LogP contribution in [0.25, 0.3) is 22.8 Å². The van der Waals surface area contributed by atoms with Crippen molar-refractivity contribution in [2.45, 2.75) is 0 Å². The lowest BCUT2D eigenvalue weighted by molar-refractivity contribution is 0.432. The Balaban J connectivity index is 2.03. The van der Waals surface area contributed by atoms with Crippen molar-refractivity contribution in [2.24, 2.45) is 0 Å². The van der Waals surface area contributed by atoms with Gasteiger partial charge in [-0.1, -0.05) is 16.8 Å². The Morgan fingerprint density at radius 1 is 1.19 bits per heavy atom. The summed E-state index contributed by atoms with van der Waals surface area (Å²) in [7, 11) is 0.